The normalized spacial score (nSPS) is 16.7. The summed E-state index contributed by atoms with van der Waals surface area (Å²) in [5, 5.41) is 2.87. The lowest BCUT2D eigenvalue weighted by Gasteiger charge is -2.36. The third-order valence-corrected chi connectivity index (χ3v) is 5.27. The second-order valence-electron chi connectivity index (χ2n) is 6.13. The van der Waals surface area contributed by atoms with Crippen LogP contribution in [0.3, 0.4) is 0 Å². The van der Waals surface area contributed by atoms with E-state index in [9.17, 15) is 14.0 Å². The number of hydrogen-bond acceptors (Lipinski definition) is 4. The maximum atomic E-state index is 12.9. The van der Waals surface area contributed by atoms with Gasteiger partial charge in [-0.15, -0.1) is 24.2 Å². The van der Waals surface area contributed by atoms with Crippen LogP contribution in [-0.4, -0.2) is 48.1 Å². The summed E-state index contributed by atoms with van der Waals surface area (Å²) in [5.41, 5.74) is 5.38. The fourth-order valence-corrected chi connectivity index (χ4v) is 3.76. The molecule has 0 saturated carbocycles. The molecular formula is C18H27ClFN3O2S. The number of thioether (sulfide) groups is 1. The van der Waals surface area contributed by atoms with Crippen molar-refractivity contribution in [1.82, 2.24) is 10.2 Å². The smallest absolute Gasteiger partial charge is 0.223 e. The van der Waals surface area contributed by atoms with Gasteiger partial charge in [0.2, 0.25) is 11.8 Å². The van der Waals surface area contributed by atoms with Gasteiger partial charge in [0.1, 0.15) is 5.82 Å². The molecule has 0 radical (unpaired) electrons. The summed E-state index contributed by atoms with van der Waals surface area (Å²) in [6.07, 6.45) is 3.75. The van der Waals surface area contributed by atoms with E-state index in [0.717, 1.165) is 30.7 Å². The van der Waals surface area contributed by atoms with E-state index in [1.807, 2.05) is 4.90 Å². The molecule has 0 spiro atoms. The van der Waals surface area contributed by atoms with Crippen molar-refractivity contribution in [2.75, 3.05) is 25.4 Å². The van der Waals surface area contributed by atoms with E-state index in [0.29, 0.717) is 31.7 Å². The van der Waals surface area contributed by atoms with Gasteiger partial charge < -0.3 is 16.0 Å². The molecule has 5 nitrogen and oxygen atoms in total. The van der Waals surface area contributed by atoms with Gasteiger partial charge in [0.25, 0.3) is 0 Å². The highest BCUT2D eigenvalue weighted by Gasteiger charge is 2.26. The van der Waals surface area contributed by atoms with Gasteiger partial charge in [-0.05, 0) is 43.5 Å². The van der Waals surface area contributed by atoms with Gasteiger partial charge in [-0.2, -0.15) is 0 Å². The van der Waals surface area contributed by atoms with Crippen molar-refractivity contribution in [3.05, 3.63) is 30.1 Å². The third kappa shape index (κ3) is 7.51. The summed E-state index contributed by atoms with van der Waals surface area (Å²) >= 11 is 1.55. The zero-order valence-electron chi connectivity index (χ0n) is 14.8. The lowest BCUT2D eigenvalue weighted by atomic mass is 10.0. The molecule has 1 aliphatic heterocycles. The van der Waals surface area contributed by atoms with Crippen LogP contribution in [0.4, 0.5) is 4.39 Å². The monoisotopic (exact) mass is 403 g/mol. The number of nitrogens with two attached hydrogens (primary N) is 1. The second kappa shape index (κ2) is 12.1. The fraction of sp³-hybridized carbons (Fsp3) is 0.556. The molecule has 146 valence electrons. The molecule has 1 aromatic rings. The van der Waals surface area contributed by atoms with Crippen molar-refractivity contribution in [2.24, 2.45) is 5.73 Å². The first-order chi connectivity index (χ1) is 12.1. The van der Waals surface area contributed by atoms with Crippen molar-refractivity contribution in [3.63, 3.8) is 0 Å². The molecule has 0 aliphatic carbocycles. The maximum Gasteiger partial charge on any atom is 0.223 e. The van der Waals surface area contributed by atoms with Gasteiger partial charge >= 0.3 is 0 Å². The molecule has 3 N–H and O–H groups in total. The number of nitrogens with one attached hydrogen (secondary N) is 1. The largest absolute Gasteiger partial charge is 0.354 e. The first-order valence-corrected chi connectivity index (χ1v) is 9.73. The predicted octanol–water partition coefficient (Wildman–Crippen LogP) is 2.58. The molecule has 1 aromatic carbocycles. The second-order valence-corrected chi connectivity index (χ2v) is 7.30. The van der Waals surface area contributed by atoms with E-state index in [4.69, 9.17) is 5.73 Å². The molecule has 1 saturated heterocycles. The Labute approximate surface area is 164 Å². The Bertz CT molecular complexity index is 574. The van der Waals surface area contributed by atoms with Crippen LogP contribution >= 0.6 is 24.2 Å². The molecule has 2 rings (SSSR count). The van der Waals surface area contributed by atoms with Crippen molar-refractivity contribution in [3.8, 4) is 0 Å². The summed E-state index contributed by atoms with van der Waals surface area (Å²) < 4.78 is 12.9. The highest BCUT2D eigenvalue weighted by atomic mass is 35.5. The number of carbonyl (C=O) groups is 2. The van der Waals surface area contributed by atoms with Crippen LogP contribution in [0.15, 0.2) is 29.2 Å². The maximum absolute atomic E-state index is 12.9. The van der Waals surface area contributed by atoms with Gasteiger partial charge in [0.05, 0.1) is 0 Å². The van der Waals surface area contributed by atoms with Gasteiger partial charge in [-0.3, -0.25) is 9.59 Å². The first-order valence-electron chi connectivity index (χ1n) is 8.74. The molecule has 2 amide bonds. The van der Waals surface area contributed by atoms with Crippen LogP contribution in [0.1, 0.15) is 32.1 Å². The van der Waals surface area contributed by atoms with Crippen LogP contribution < -0.4 is 11.1 Å². The molecular weight excluding hydrogens is 377 g/mol. The third-order valence-electron chi connectivity index (χ3n) is 4.25. The van der Waals surface area contributed by atoms with Crippen molar-refractivity contribution < 1.29 is 14.0 Å². The number of hydrogen-bond donors (Lipinski definition) is 2. The van der Waals surface area contributed by atoms with Crippen LogP contribution in [0.25, 0.3) is 0 Å². The van der Waals surface area contributed by atoms with Crippen LogP contribution in [0.2, 0.25) is 0 Å². The highest BCUT2D eigenvalue weighted by molar-refractivity contribution is 7.99. The zero-order valence-corrected chi connectivity index (χ0v) is 16.4. The summed E-state index contributed by atoms with van der Waals surface area (Å²) in [6, 6.07) is 6.37. The number of nitrogens with zero attached hydrogens (tertiary/aromatic N) is 1. The van der Waals surface area contributed by atoms with Crippen molar-refractivity contribution in [1.29, 1.82) is 0 Å². The van der Waals surface area contributed by atoms with Crippen LogP contribution in [0, 0.1) is 5.82 Å². The number of rotatable bonds is 8. The Morgan fingerprint density at radius 1 is 1.23 bits per heavy atom. The Morgan fingerprint density at radius 3 is 2.65 bits per heavy atom. The van der Waals surface area contributed by atoms with Crippen molar-refractivity contribution >= 4 is 36.0 Å². The van der Waals surface area contributed by atoms with Crippen LogP contribution in [-0.2, 0) is 9.59 Å². The molecule has 0 bridgehead atoms. The molecule has 1 atom stereocenters. The Hall–Kier alpha value is -1.31. The number of carbonyl (C=O) groups excluding carboxylic acids is 2. The van der Waals surface area contributed by atoms with Gasteiger partial charge in [-0.1, -0.05) is 0 Å². The molecule has 1 unspecified atom stereocenters. The number of likely N-dealkylation sites (tertiary alicyclic amines) is 1. The zero-order chi connectivity index (χ0) is 18.1. The lowest BCUT2D eigenvalue weighted by molar-refractivity contribution is -0.135. The average molecular weight is 404 g/mol. The number of benzene rings is 1. The Balaban J connectivity index is 0.00000338. The Kier molecular flexibility index (Phi) is 10.6. The van der Waals surface area contributed by atoms with E-state index in [2.05, 4.69) is 5.32 Å². The topological polar surface area (TPSA) is 75.4 Å². The summed E-state index contributed by atoms with van der Waals surface area (Å²) in [7, 11) is 0. The highest BCUT2D eigenvalue weighted by Crippen LogP contribution is 2.21. The SMILES string of the molecule is Cl.NCCC(=O)NCC1CCCCN1C(=O)CCSc1ccc(F)cc1. The molecule has 26 heavy (non-hydrogen) atoms. The fourth-order valence-electron chi connectivity index (χ4n) is 2.92. The lowest BCUT2D eigenvalue weighted by Crippen LogP contribution is -2.49. The average Bonchev–Trinajstić information content (AvgIpc) is 2.62. The van der Waals surface area contributed by atoms with Gasteiger partial charge in [-0.25, -0.2) is 4.39 Å². The van der Waals surface area contributed by atoms with E-state index in [1.165, 1.54) is 12.1 Å². The molecule has 1 heterocycles. The summed E-state index contributed by atoms with van der Waals surface area (Å²) in [4.78, 5) is 27.0. The number of halogens is 2. The quantitative estimate of drug-likeness (QED) is 0.654. The summed E-state index contributed by atoms with van der Waals surface area (Å²) in [6.45, 7) is 1.58. The number of piperidine rings is 1. The van der Waals surface area contributed by atoms with E-state index in [-0.39, 0.29) is 36.1 Å². The van der Waals surface area contributed by atoms with E-state index in [1.54, 1.807) is 23.9 Å². The predicted molar refractivity (Wildman–Crippen MR) is 105 cm³/mol. The van der Waals surface area contributed by atoms with Crippen LogP contribution in [0.5, 0.6) is 0 Å². The minimum Gasteiger partial charge on any atom is -0.354 e. The standard InChI is InChI=1S/C18H26FN3O2S.ClH/c19-14-4-6-16(7-5-14)25-12-9-18(24)22-11-2-1-3-15(22)13-21-17(23)8-10-20;/h4-7,15H,1-3,8-13,20H2,(H,21,23);1H. The Morgan fingerprint density at radius 2 is 1.96 bits per heavy atom. The summed E-state index contributed by atoms with van der Waals surface area (Å²) in [5.74, 6) is 0.459. The van der Waals surface area contributed by atoms with Gasteiger partial charge in [0.15, 0.2) is 0 Å². The molecule has 1 fully saturated rings. The van der Waals surface area contributed by atoms with Gasteiger partial charge in [0, 0.05) is 49.2 Å². The number of amides is 2. The minimum absolute atomic E-state index is 0. The van der Waals surface area contributed by atoms with E-state index >= 15 is 0 Å². The molecule has 0 aromatic heterocycles. The molecule has 1 aliphatic rings. The van der Waals surface area contributed by atoms with E-state index < -0.39 is 0 Å². The molecule has 8 heteroatoms. The van der Waals surface area contributed by atoms with Crippen molar-refractivity contribution in [2.45, 2.75) is 43.0 Å². The first kappa shape index (κ1) is 22.7. The minimum atomic E-state index is -0.256.